The van der Waals surface area contributed by atoms with E-state index in [4.69, 9.17) is 4.42 Å². The average molecular weight is 302 g/mol. The van der Waals surface area contributed by atoms with E-state index in [1.54, 1.807) is 27.8 Å². The topological polar surface area (TPSA) is 66.6 Å². The molecule has 0 saturated heterocycles. The Morgan fingerprint density at radius 2 is 1.95 bits per heavy atom. The lowest BCUT2D eigenvalue weighted by molar-refractivity contribution is -0.131. The fourth-order valence-corrected chi connectivity index (χ4v) is 2.24. The molecule has 0 spiro atoms. The van der Waals surface area contributed by atoms with Crippen LogP contribution in [0.25, 0.3) is 11.5 Å². The standard InChI is InChI=1S/C17H22N2O3/c1-12-14(10-15(20)19(4)11-17(2,3)21)18-16(22-12)13-8-6-5-7-9-13/h5-9,21H,10-11H2,1-4H3. The van der Waals surface area contributed by atoms with Crippen LogP contribution in [0.2, 0.25) is 0 Å². The van der Waals surface area contributed by atoms with Crippen molar-refractivity contribution in [3.05, 3.63) is 41.8 Å². The fourth-order valence-electron chi connectivity index (χ4n) is 2.24. The first-order chi connectivity index (χ1) is 10.3. The maximum Gasteiger partial charge on any atom is 0.228 e. The minimum Gasteiger partial charge on any atom is -0.441 e. The third kappa shape index (κ3) is 4.18. The Labute approximate surface area is 130 Å². The molecule has 2 aromatic rings. The van der Waals surface area contributed by atoms with Crippen LogP contribution in [0.15, 0.2) is 34.7 Å². The van der Waals surface area contributed by atoms with E-state index in [2.05, 4.69) is 4.98 Å². The molecule has 22 heavy (non-hydrogen) atoms. The van der Waals surface area contributed by atoms with Gasteiger partial charge in [-0.1, -0.05) is 18.2 Å². The fraction of sp³-hybridized carbons (Fsp3) is 0.412. The number of benzene rings is 1. The maximum atomic E-state index is 12.2. The number of nitrogens with zero attached hydrogens (tertiary/aromatic N) is 2. The van der Waals surface area contributed by atoms with Crippen LogP contribution in [0.4, 0.5) is 0 Å². The molecular weight excluding hydrogens is 280 g/mol. The van der Waals surface area contributed by atoms with E-state index in [0.717, 1.165) is 5.56 Å². The summed E-state index contributed by atoms with van der Waals surface area (Å²) in [6.45, 7) is 5.42. The number of aromatic nitrogens is 1. The molecule has 1 amide bonds. The van der Waals surface area contributed by atoms with E-state index in [9.17, 15) is 9.90 Å². The van der Waals surface area contributed by atoms with Crippen LogP contribution in [0.3, 0.4) is 0 Å². The number of oxazole rings is 1. The lowest BCUT2D eigenvalue weighted by Crippen LogP contribution is -2.40. The molecule has 2 rings (SSSR count). The summed E-state index contributed by atoms with van der Waals surface area (Å²) in [5, 5.41) is 9.78. The monoisotopic (exact) mass is 302 g/mol. The van der Waals surface area contributed by atoms with Gasteiger partial charge in [0.25, 0.3) is 0 Å². The summed E-state index contributed by atoms with van der Waals surface area (Å²) < 4.78 is 5.65. The molecule has 1 heterocycles. The van der Waals surface area contributed by atoms with Crippen LogP contribution in [0, 0.1) is 6.92 Å². The number of amides is 1. The lowest BCUT2D eigenvalue weighted by atomic mass is 10.1. The SMILES string of the molecule is Cc1oc(-c2ccccc2)nc1CC(=O)N(C)CC(C)(C)O. The maximum absolute atomic E-state index is 12.2. The number of aliphatic hydroxyl groups is 1. The summed E-state index contributed by atoms with van der Waals surface area (Å²) in [6.07, 6.45) is 0.161. The molecule has 5 nitrogen and oxygen atoms in total. The van der Waals surface area contributed by atoms with Crippen molar-refractivity contribution in [2.24, 2.45) is 0 Å². The van der Waals surface area contributed by atoms with Crippen molar-refractivity contribution >= 4 is 5.91 Å². The predicted molar refractivity (Wildman–Crippen MR) is 84.3 cm³/mol. The van der Waals surface area contributed by atoms with E-state index >= 15 is 0 Å². The number of likely N-dealkylation sites (N-methyl/N-ethyl adjacent to an activating group) is 1. The molecule has 5 heteroatoms. The van der Waals surface area contributed by atoms with Gasteiger partial charge in [-0.15, -0.1) is 0 Å². The van der Waals surface area contributed by atoms with Gasteiger partial charge in [0.1, 0.15) is 5.76 Å². The summed E-state index contributed by atoms with van der Waals surface area (Å²) in [5.41, 5.74) is 0.596. The van der Waals surface area contributed by atoms with Crippen molar-refractivity contribution in [1.82, 2.24) is 9.88 Å². The Morgan fingerprint density at radius 3 is 2.55 bits per heavy atom. The smallest absolute Gasteiger partial charge is 0.228 e. The average Bonchev–Trinajstić information content (AvgIpc) is 2.79. The molecule has 1 aromatic carbocycles. The first kappa shape index (κ1) is 16.2. The summed E-state index contributed by atoms with van der Waals surface area (Å²) in [5.74, 6) is 1.06. The second-order valence-corrected chi connectivity index (χ2v) is 6.13. The van der Waals surface area contributed by atoms with Crippen molar-refractivity contribution < 1.29 is 14.3 Å². The minimum atomic E-state index is -0.918. The second kappa shape index (κ2) is 6.32. The van der Waals surface area contributed by atoms with E-state index < -0.39 is 5.60 Å². The molecule has 0 fully saturated rings. The van der Waals surface area contributed by atoms with Gasteiger partial charge in [0.05, 0.1) is 17.7 Å². The number of carbonyl (C=O) groups excluding carboxylic acids is 1. The van der Waals surface area contributed by atoms with Crippen molar-refractivity contribution in [2.75, 3.05) is 13.6 Å². The highest BCUT2D eigenvalue weighted by molar-refractivity contribution is 5.78. The number of aryl methyl sites for hydroxylation is 1. The Hall–Kier alpha value is -2.14. The molecule has 0 radical (unpaired) electrons. The minimum absolute atomic E-state index is 0.0989. The van der Waals surface area contributed by atoms with Crippen LogP contribution in [-0.4, -0.2) is 40.1 Å². The van der Waals surface area contributed by atoms with Gasteiger partial charge >= 0.3 is 0 Å². The molecule has 0 aliphatic carbocycles. The molecule has 0 atom stereocenters. The second-order valence-electron chi connectivity index (χ2n) is 6.13. The van der Waals surface area contributed by atoms with Gasteiger partial charge in [-0.2, -0.15) is 0 Å². The zero-order valence-corrected chi connectivity index (χ0v) is 13.5. The van der Waals surface area contributed by atoms with Crippen LogP contribution < -0.4 is 0 Å². The van der Waals surface area contributed by atoms with Gasteiger partial charge < -0.3 is 14.4 Å². The van der Waals surface area contributed by atoms with Gasteiger partial charge in [-0.05, 0) is 32.9 Å². The van der Waals surface area contributed by atoms with E-state index in [0.29, 0.717) is 17.3 Å². The van der Waals surface area contributed by atoms with Gasteiger partial charge in [0, 0.05) is 19.2 Å². The number of rotatable bonds is 5. The molecule has 0 unspecified atom stereocenters. The zero-order valence-electron chi connectivity index (χ0n) is 13.5. The number of hydrogen-bond donors (Lipinski definition) is 1. The highest BCUT2D eigenvalue weighted by Crippen LogP contribution is 2.22. The lowest BCUT2D eigenvalue weighted by Gasteiger charge is -2.25. The Balaban J connectivity index is 2.11. The molecular formula is C17H22N2O3. The van der Waals surface area contributed by atoms with Crippen LogP contribution >= 0.6 is 0 Å². The first-order valence-electron chi connectivity index (χ1n) is 7.24. The Bertz CT molecular complexity index is 642. The van der Waals surface area contributed by atoms with Gasteiger partial charge in [0.15, 0.2) is 0 Å². The molecule has 0 aliphatic rings. The van der Waals surface area contributed by atoms with Crippen LogP contribution in [0.1, 0.15) is 25.3 Å². The van der Waals surface area contributed by atoms with Gasteiger partial charge in [-0.3, -0.25) is 4.79 Å². The van der Waals surface area contributed by atoms with Gasteiger partial charge in [-0.25, -0.2) is 4.98 Å². The summed E-state index contributed by atoms with van der Waals surface area (Å²) in [6, 6.07) is 9.58. The largest absolute Gasteiger partial charge is 0.441 e. The zero-order chi connectivity index (χ0) is 16.3. The number of hydrogen-bond acceptors (Lipinski definition) is 4. The van der Waals surface area contributed by atoms with Crippen LogP contribution in [-0.2, 0) is 11.2 Å². The quantitative estimate of drug-likeness (QED) is 0.921. The van der Waals surface area contributed by atoms with Crippen molar-refractivity contribution in [1.29, 1.82) is 0 Å². The highest BCUT2D eigenvalue weighted by atomic mass is 16.4. The molecule has 0 aliphatic heterocycles. The third-order valence-corrected chi connectivity index (χ3v) is 3.28. The third-order valence-electron chi connectivity index (χ3n) is 3.28. The van der Waals surface area contributed by atoms with E-state index in [1.165, 1.54) is 4.90 Å². The predicted octanol–water partition coefficient (Wildman–Crippen LogP) is 2.42. The summed E-state index contributed by atoms with van der Waals surface area (Å²) >= 11 is 0. The summed E-state index contributed by atoms with van der Waals surface area (Å²) in [7, 11) is 1.67. The van der Waals surface area contributed by atoms with Crippen molar-refractivity contribution in [3.8, 4) is 11.5 Å². The van der Waals surface area contributed by atoms with E-state index in [1.807, 2.05) is 30.3 Å². The highest BCUT2D eigenvalue weighted by Gasteiger charge is 2.21. The van der Waals surface area contributed by atoms with Crippen LogP contribution in [0.5, 0.6) is 0 Å². The normalized spacial score (nSPS) is 11.5. The molecule has 1 N–H and O–H groups in total. The molecule has 1 aromatic heterocycles. The van der Waals surface area contributed by atoms with Crippen molar-refractivity contribution in [3.63, 3.8) is 0 Å². The Morgan fingerprint density at radius 1 is 1.32 bits per heavy atom. The van der Waals surface area contributed by atoms with Gasteiger partial charge in [0.2, 0.25) is 11.8 Å². The summed E-state index contributed by atoms with van der Waals surface area (Å²) in [4.78, 5) is 18.2. The molecule has 0 saturated carbocycles. The van der Waals surface area contributed by atoms with Crippen molar-refractivity contribution in [2.45, 2.75) is 32.8 Å². The molecule has 118 valence electrons. The Kier molecular flexibility index (Phi) is 4.66. The molecule has 0 bridgehead atoms. The van der Waals surface area contributed by atoms with E-state index in [-0.39, 0.29) is 18.9 Å². The number of carbonyl (C=O) groups is 1. The first-order valence-corrected chi connectivity index (χ1v) is 7.24.